The fourth-order valence-corrected chi connectivity index (χ4v) is 2.55. The largest absolute Gasteiger partial charge is 0.422 e. The van der Waals surface area contributed by atoms with Gasteiger partial charge in [0.05, 0.1) is 10.6 Å². The minimum absolute atomic E-state index is 0.332. The highest BCUT2D eigenvalue weighted by atomic mass is 35.5. The Morgan fingerprint density at radius 3 is 2.19 bits per heavy atom. The highest BCUT2D eigenvalue weighted by Crippen LogP contribution is 2.32. The summed E-state index contributed by atoms with van der Waals surface area (Å²) in [5, 5.41) is 2.60. The van der Waals surface area contributed by atoms with E-state index in [1.54, 1.807) is 36.4 Å². The van der Waals surface area contributed by atoms with Crippen molar-refractivity contribution in [3.8, 4) is 5.75 Å². The first kappa shape index (κ1) is 13.9. The summed E-state index contributed by atoms with van der Waals surface area (Å²) in [6, 6.07) is 17.7. The van der Waals surface area contributed by atoms with Crippen molar-refractivity contribution in [1.82, 2.24) is 0 Å². The van der Waals surface area contributed by atoms with Crippen LogP contribution in [-0.2, 0) is 0 Å². The molecule has 2 nitrogen and oxygen atoms in total. The molecule has 0 bridgehead atoms. The molecule has 0 saturated carbocycles. The Bertz CT molecular complexity index is 828. The molecule has 0 aliphatic rings. The smallest absolute Gasteiger partial charge is 0.345 e. The van der Waals surface area contributed by atoms with Crippen molar-refractivity contribution in [3.05, 3.63) is 76.3 Å². The first-order valence-corrected chi connectivity index (χ1v) is 7.06. The van der Waals surface area contributed by atoms with Crippen LogP contribution in [0.4, 0.5) is 0 Å². The van der Waals surface area contributed by atoms with Crippen molar-refractivity contribution in [2.24, 2.45) is 0 Å². The van der Waals surface area contributed by atoms with E-state index in [0.29, 0.717) is 21.4 Å². The highest BCUT2D eigenvalue weighted by Gasteiger charge is 2.14. The van der Waals surface area contributed by atoms with Gasteiger partial charge in [0.25, 0.3) is 0 Å². The maximum Gasteiger partial charge on any atom is 0.345 e. The molecule has 0 saturated heterocycles. The van der Waals surface area contributed by atoms with Gasteiger partial charge in [-0.1, -0.05) is 59.6 Å². The number of halogens is 2. The molecule has 104 valence electrons. The van der Waals surface area contributed by atoms with Crippen LogP contribution in [0.1, 0.15) is 10.4 Å². The minimum Gasteiger partial charge on any atom is -0.422 e. The maximum absolute atomic E-state index is 12.2. The predicted molar refractivity (Wildman–Crippen MR) is 85.4 cm³/mol. The molecule has 0 spiro atoms. The Hall–Kier alpha value is -2.03. The standard InChI is InChI=1S/C17H10Cl2O2/c18-14-8-4-3-7-13(14)17(20)21-16-10-9-15(19)11-5-1-2-6-12(11)16/h1-10H. The van der Waals surface area contributed by atoms with Crippen LogP contribution in [-0.4, -0.2) is 5.97 Å². The van der Waals surface area contributed by atoms with E-state index in [0.717, 1.165) is 10.8 Å². The van der Waals surface area contributed by atoms with Gasteiger partial charge in [0.2, 0.25) is 0 Å². The zero-order valence-corrected chi connectivity index (χ0v) is 12.4. The number of rotatable bonds is 2. The average molecular weight is 317 g/mol. The minimum atomic E-state index is -0.493. The van der Waals surface area contributed by atoms with Crippen molar-refractivity contribution < 1.29 is 9.53 Å². The molecule has 0 amide bonds. The Labute approximate surface area is 131 Å². The lowest BCUT2D eigenvalue weighted by Gasteiger charge is -2.09. The van der Waals surface area contributed by atoms with Crippen molar-refractivity contribution in [2.45, 2.75) is 0 Å². The van der Waals surface area contributed by atoms with E-state index in [2.05, 4.69) is 0 Å². The summed E-state index contributed by atoms with van der Waals surface area (Å²) in [7, 11) is 0. The number of hydrogen-bond acceptors (Lipinski definition) is 2. The van der Waals surface area contributed by atoms with Gasteiger partial charge < -0.3 is 4.74 Å². The van der Waals surface area contributed by atoms with Crippen LogP contribution in [0.5, 0.6) is 5.75 Å². The van der Waals surface area contributed by atoms with E-state index in [-0.39, 0.29) is 0 Å². The van der Waals surface area contributed by atoms with Crippen molar-refractivity contribution in [1.29, 1.82) is 0 Å². The second-order valence-corrected chi connectivity index (χ2v) is 5.27. The summed E-state index contributed by atoms with van der Waals surface area (Å²) in [5.41, 5.74) is 0.332. The lowest BCUT2D eigenvalue weighted by Crippen LogP contribution is -2.09. The number of carbonyl (C=O) groups excluding carboxylic acids is 1. The summed E-state index contributed by atoms with van der Waals surface area (Å²) < 4.78 is 5.47. The Balaban J connectivity index is 2.01. The number of fused-ring (bicyclic) bond motifs is 1. The summed E-state index contributed by atoms with van der Waals surface area (Å²) >= 11 is 12.2. The number of carbonyl (C=O) groups is 1. The van der Waals surface area contributed by atoms with Crippen molar-refractivity contribution in [3.63, 3.8) is 0 Å². The molecule has 0 aliphatic carbocycles. The van der Waals surface area contributed by atoms with E-state index >= 15 is 0 Å². The molecule has 0 heterocycles. The molecule has 0 aliphatic heterocycles. The average Bonchev–Trinajstić information content (AvgIpc) is 2.51. The third-order valence-electron chi connectivity index (χ3n) is 3.13. The molecule has 4 heteroatoms. The topological polar surface area (TPSA) is 26.3 Å². The first-order valence-electron chi connectivity index (χ1n) is 6.31. The second-order valence-electron chi connectivity index (χ2n) is 4.46. The fraction of sp³-hybridized carbons (Fsp3) is 0. The summed E-state index contributed by atoms with van der Waals surface area (Å²) in [6.07, 6.45) is 0. The Kier molecular flexibility index (Phi) is 3.82. The summed E-state index contributed by atoms with van der Waals surface area (Å²) in [5.74, 6) is -0.0343. The van der Waals surface area contributed by atoms with Crippen LogP contribution in [0.2, 0.25) is 10.0 Å². The van der Waals surface area contributed by atoms with Gasteiger partial charge in [-0.2, -0.15) is 0 Å². The number of ether oxygens (including phenoxy) is 1. The third kappa shape index (κ3) is 2.73. The van der Waals surface area contributed by atoms with Crippen LogP contribution in [0.15, 0.2) is 60.7 Å². The monoisotopic (exact) mass is 316 g/mol. The SMILES string of the molecule is O=C(Oc1ccc(Cl)c2ccccc12)c1ccccc1Cl. The molecule has 0 aromatic heterocycles. The molecule has 21 heavy (non-hydrogen) atoms. The number of esters is 1. The van der Waals surface area contributed by atoms with E-state index < -0.39 is 5.97 Å². The molecule has 3 aromatic rings. The molecular weight excluding hydrogens is 307 g/mol. The van der Waals surface area contributed by atoms with Gasteiger partial charge >= 0.3 is 5.97 Å². The fourth-order valence-electron chi connectivity index (χ4n) is 2.11. The van der Waals surface area contributed by atoms with Crippen LogP contribution in [0.3, 0.4) is 0 Å². The zero-order chi connectivity index (χ0) is 14.8. The van der Waals surface area contributed by atoms with Gasteiger partial charge in [0.15, 0.2) is 0 Å². The molecule has 0 unspecified atom stereocenters. The van der Waals surface area contributed by atoms with Crippen molar-refractivity contribution >= 4 is 39.9 Å². The second kappa shape index (κ2) is 5.76. The van der Waals surface area contributed by atoms with E-state index in [1.807, 2.05) is 24.3 Å². The van der Waals surface area contributed by atoms with Crippen molar-refractivity contribution in [2.75, 3.05) is 0 Å². The highest BCUT2D eigenvalue weighted by molar-refractivity contribution is 6.36. The number of hydrogen-bond donors (Lipinski definition) is 0. The normalized spacial score (nSPS) is 10.6. The van der Waals surface area contributed by atoms with Crippen LogP contribution in [0.25, 0.3) is 10.8 Å². The molecule has 3 rings (SSSR count). The van der Waals surface area contributed by atoms with Gasteiger partial charge in [-0.25, -0.2) is 4.79 Å². The van der Waals surface area contributed by atoms with E-state index in [9.17, 15) is 4.79 Å². The van der Waals surface area contributed by atoms with Crippen LogP contribution in [0, 0.1) is 0 Å². The van der Waals surface area contributed by atoms with E-state index in [1.165, 1.54) is 0 Å². The summed E-state index contributed by atoms with van der Waals surface area (Å²) in [4.78, 5) is 12.2. The summed E-state index contributed by atoms with van der Waals surface area (Å²) in [6.45, 7) is 0. The quantitative estimate of drug-likeness (QED) is 0.469. The van der Waals surface area contributed by atoms with Gasteiger partial charge in [-0.3, -0.25) is 0 Å². The van der Waals surface area contributed by atoms with E-state index in [4.69, 9.17) is 27.9 Å². The first-order chi connectivity index (χ1) is 10.2. The molecule has 0 radical (unpaired) electrons. The van der Waals surface area contributed by atoms with Gasteiger partial charge in [0, 0.05) is 15.8 Å². The Morgan fingerprint density at radius 2 is 1.43 bits per heavy atom. The third-order valence-corrected chi connectivity index (χ3v) is 3.79. The molecule has 0 fully saturated rings. The molecule has 3 aromatic carbocycles. The van der Waals surface area contributed by atoms with Crippen LogP contribution >= 0.6 is 23.2 Å². The molecule has 0 atom stereocenters. The number of benzene rings is 3. The van der Waals surface area contributed by atoms with Crippen LogP contribution < -0.4 is 4.74 Å². The van der Waals surface area contributed by atoms with Gasteiger partial charge in [0.1, 0.15) is 5.75 Å². The zero-order valence-electron chi connectivity index (χ0n) is 10.8. The lowest BCUT2D eigenvalue weighted by molar-refractivity contribution is 0.0737. The molecular formula is C17H10Cl2O2. The maximum atomic E-state index is 12.2. The van der Waals surface area contributed by atoms with Gasteiger partial charge in [-0.15, -0.1) is 0 Å². The molecule has 0 N–H and O–H groups in total. The predicted octanol–water partition coefficient (Wildman–Crippen LogP) is 5.37. The lowest BCUT2D eigenvalue weighted by atomic mass is 10.1. The Morgan fingerprint density at radius 1 is 0.762 bits per heavy atom. The van der Waals surface area contributed by atoms with Gasteiger partial charge in [-0.05, 0) is 24.3 Å².